The number of nitrogens with two attached hydrogens (primary N) is 2. The number of aromatic hydroxyl groups is 1. The van der Waals surface area contributed by atoms with E-state index >= 15 is 0 Å². The smallest absolute Gasteiger partial charge is 0.245 e. The normalized spacial score (nSPS) is 22.7. The highest BCUT2D eigenvalue weighted by Crippen LogP contribution is 2.24. The molecule has 1 aromatic heterocycles. The van der Waals surface area contributed by atoms with Crippen molar-refractivity contribution >= 4 is 73.8 Å². The van der Waals surface area contributed by atoms with Crippen molar-refractivity contribution in [3.8, 4) is 5.75 Å². The van der Waals surface area contributed by atoms with Crippen LogP contribution < -0.4 is 48.7 Å². The number of hydrogen-bond acceptors (Lipinski definition) is 15. The molecular weight excluding hydrogens is 969 g/mol. The SMILES string of the molecule is C[C@H](O)[C@H](CO)NC(=O)[C@@H]1CSSC[C@H](NC(=O)[C@@H](N)Cc2ccccc2)C(=O)N[C@@H](Cc2ccc(O)cc2)C(=O)N[C@H](Cc2c[nH]c3ccccc23)C(=O)N[C@@H](CCCCN)C(=O)N[C@H]([C@@H](C)O)C(=O)N1. The van der Waals surface area contributed by atoms with E-state index in [9.17, 15) is 54.0 Å². The van der Waals surface area contributed by atoms with Crippen LogP contribution in [0.25, 0.3) is 10.9 Å². The molecule has 1 saturated heterocycles. The molecule has 0 radical (unpaired) electrons. The van der Waals surface area contributed by atoms with E-state index in [2.05, 4.69) is 42.2 Å². The summed E-state index contributed by atoms with van der Waals surface area (Å²) in [6.45, 7) is 2.18. The highest BCUT2D eigenvalue weighted by atomic mass is 33.1. The average molecular weight is 1040 g/mol. The number of nitrogens with one attached hydrogen (secondary N) is 8. The molecule has 0 aliphatic carbocycles. The highest BCUT2D eigenvalue weighted by Gasteiger charge is 2.36. The van der Waals surface area contributed by atoms with Gasteiger partial charge >= 0.3 is 0 Å². The molecule has 21 nitrogen and oxygen atoms in total. The highest BCUT2D eigenvalue weighted by molar-refractivity contribution is 8.76. The first-order valence-electron chi connectivity index (χ1n) is 23.6. The number of fused-ring (bicyclic) bond motifs is 1. The fraction of sp³-hybridized carbons (Fsp3) is 0.449. The maximum atomic E-state index is 14.7. The van der Waals surface area contributed by atoms with Gasteiger partial charge in [-0.05, 0) is 81.0 Å². The molecule has 1 fully saturated rings. The minimum Gasteiger partial charge on any atom is -0.508 e. The zero-order valence-corrected chi connectivity index (χ0v) is 41.7. The summed E-state index contributed by atoms with van der Waals surface area (Å²) in [6.07, 6.45) is -0.426. The number of carbonyl (C=O) groups is 7. The predicted octanol–water partition coefficient (Wildman–Crippen LogP) is -1.10. The summed E-state index contributed by atoms with van der Waals surface area (Å²) in [5, 5.41) is 60.4. The number of phenolic OH excluding ortho intramolecular Hbond substituents is 1. The van der Waals surface area contributed by atoms with Gasteiger partial charge in [0, 0.05) is 41.4 Å². The van der Waals surface area contributed by atoms with Crippen LogP contribution in [0.3, 0.4) is 0 Å². The van der Waals surface area contributed by atoms with E-state index in [0.717, 1.165) is 38.1 Å². The van der Waals surface area contributed by atoms with E-state index in [1.54, 1.807) is 48.7 Å². The summed E-state index contributed by atoms with van der Waals surface area (Å²) in [4.78, 5) is 103. The van der Waals surface area contributed by atoms with Gasteiger partial charge in [0.05, 0.1) is 30.9 Å². The number of benzene rings is 3. The third-order valence-corrected chi connectivity index (χ3v) is 14.4. The minimum atomic E-state index is -1.68. The Labute approximate surface area is 424 Å². The van der Waals surface area contributed by atoms with Crippen molar-refractivity contribution in [1.82, 2.24) is 42.2 Å². The predicted molar refractivity (Wildman–Crippen MR) is 274 cm³/mol. The Bertz CT molecular complexity index is 2450. The number of rotatable bonds is 17. The number of hydrogen-bond donors (Lipinski definition) is 14. The molecule has 0 bridgehead atoms. The molecular formula is C49H66N10O11S2. The van der Waals surface area contributed by atoms with Crippen LogP contribution in [0, 0.1) is 0 Å². The number of unbranched alkanes of at least 4 members (excludes halogenated alkanes) is 1. The molecule has 0 unspecified atom stereocenters. The summed E-state index contributed by atoms with van der Waals surface area (Å²) in [7, 11) is 2.01. The van der Waals surface area contributed by atoms with Gasteiger partial charge in [-0.15, -0.1) is 0 Å². The van der Waals surface area contributed by atoms with Gasteiger partial charge in [-0.25, -0.2) is 0 Å². The Morgan fingerprint density at radius 3 is 2.03 bits per heavy atom. The Kier molecular flexibility index (Phi) is 22.2. The summed E-state index contributed by atoms with van der Waals surface area (Å²) in [6, 6.07) is 11.3. The molecule has 4 aromatic rings. The first kappa shape index (κ1) is 56.7. The van der Waals surface area contributed by atoms with Crippen molar-refractivity contribution in [3.63, 3.8) is 0 Å². The number of para-hydroxylation sites is 1. The minimum absolute atomic E-state index is 0.0130. The molecule has 1 aliphatic rings. The number of aliphatic hydroxyl groups is 3. The van der Waals surface area contributed by atoms with Crippen LogP contribution in [0.1, 0.15) is 49.8 Å². The lowest BCUT2D eigenvalue weighted by Gasteiger charge is -2.29. The molecule has 0 spiro atoms. The van der Waals surface area contributed by atoms with Crippen molar-refractivity contribution < 1.29 is 54.0 Å². The van der Waals surface area contributed by atoms with Gasteiger partial charge in [0.1, 0.15) is 42.0 Å². The largest absolute Gasteiger partial charge is 0.508 e. The van der Waals surface area contributed by atoms with Gasteiger partial charge in [-0.2, -0.15) is 0 Å². The lowest BCUT2D eigenvalue weighted by atomic mass is 10.0. The molecule has 10 atom stereocenters. The summed E-state index contributed by atoms with van der Waals surface area (Å²) < 4.78 is 0. The average Bonchev–Trinajstić information content (AvgIpc) is 3.77. The van der Waals surface area contributed by atoms with Gasteiger partial charge < -0.3 is 74.1 Å². The number of phenols is 1. The lowest BCUT2D eigenvalue weighted by Crippen LogP contribution is -2.62. The van der Waals surface area contributed by atoms with Gasteiger partial charge in [-0.3, -0.25) is 33.6 Å². The van der Waals surface area contributed by atoms with E-state index in [4.69, 9.17) is 11.5 Å². The molecule has 5 rings (SSSR count). The quantitative estimate of drug-likeness (QED) is 0.0441. The van der Waals surface area contributed by atoms with E-state index in [1.807, 2.05) is 24.3 Å². The summed E-state index contributed by atoms with van der Waals surface area (Å²) in [5.41, 5.74) is 14.8. The first-order valence-corrected chi connectivity index (χ1v) is 26.1. The van der Waals surface area contributed by atoms with Crippen molar-refractivity contribution in [2.45, 2.75) is 113 Å². The maximum absolute atomic E-state index is 14.7. The van der Waals surface area contributed by atoms with Crippen molar-refractivity contribution in [2.75, 3.05) is 24.7 Å². The molecule has 3 aromatic carbocycles. The first-order chi connectivity index (χ1) is 34.5. The van der Waals surface area contributed by atoms with Crippen LogP contribution in [0.2, 0.25) is 0 Å². The van der Waals surface area contributed by atoms with Crippen LogP contribution in [-0.2, 0) is 52.8 Å². The van der Waals surface area contributed by atoms with Gasteiger partial charge in [0.2, 0.25) is 41.4 Å². The van der Waals surface area contributed by atoms with Crippen molar-refractivity contribution in [3.05, 3.63) is 102 Å². The molecule has 1 aliphatic heterocycles. The Morgan fingerprint density at radius 2 is 1.36 bits per heavy atom. The van der Waals surface area contributed by atoms with E-state index in [0.29, 0.717) is 24.0 Å². The topological polar surface area (TPSA) is 352 Å². The van der Waals surface area contributed by atoms with E-state index in [1.165, 1.54) is 26.0 Å². The zero-order valence-electron chi connectivity index (χ0n) is 40.0. The fourth-order valence-corrected chi connectivity index (χ4v) is 10.1. The Morgan fingerprint density at radius 1 is 0.736 bits per heavy atom. The molecule has 7 amide bonds. The fourth-order valence-electron chi connectivity index (χ4n) is 7.75. The standard InChI is InChI=1S/C49H66N10O11S2/c1-27(61)39(24-60)56-48(69)41-26-72-71-25-40(57-43(64)34(51)20-29-10-4-3-5-11-29)47(68)54-37(21-30-15-17-32(63)18-16-30)45(66)55-38(22-31-23-52-35-13-7-6-12-33(31)35)46(67)53-36(14-8-9-19-50)44(65)59-42(28(2)62)49(70)58-41/h3-7,10-13,15-18,23,27-28,34,36-42,52,60-63H,8-9,14,19-22,24-26,50-51H2,1-2H3,(H,53,67)(H,54,68)(H,55,66)(H,56,69)(H,57,64)(H,58,70)(H,59,65)/t27-,28+,34-,36-,37-,38+,39-,40-,41-,42+/m0/s1. The number of H-pyrrole nitrogens is 1. The molecule has 72 heavy (non-hydrogen) atoms. The second-order valence-corrected chi connectivity index (χ2v) is 20.2. The zero-order chi connectivity index (χ0) is 52.3. The van der Waals surface area contributed by atoms with Crippen LogP contribution in [-0.4, -0.2) is 152 Å². The second kappa shape index (κ2) is 28.1. The number of aliphatic hydroxyl groups excluding tert-OH is 3. The molecule has 23 heteroatoms. The Balaban J connectivity index is 1.57. The van der Waals surface area contributed by atoms with Gasteiger partial charge in [0.15, 0.2) is 0 Å². The summed E-state index contributed by atoms with van der Waals surface area (Å²) in [5.74, 6) is -6.33. The van der Waals surface area contributed by atoms with Crippen LogP contribution in [0.4, 0.5) is 0 Å². The third-order valence-electron chi connectivity index (χ3n) is 11.9. The lowest BCUT2D eigenvalue weighted by molar-refractivity contribution is -0.136. The number of aromatic amines is 1. The van der Waals surface area contributed by atoms with Crippen LogP contribution in [0.5, 0.6) is 5.75 Å². The maximum Gasteiger partial charge on any atom is 0.245 e. The monoisotopic (exact) mass is 1030 g/mol. The van der Waals surface area contributed by atoms with Crippen LogP contribution in [0.15, 0.2) is 85.1 Å². The van der Waals surface area contributed by atoms with Crippen LogP contribution >= 0.6 is 21.6 Å². The van der Waals surface area contributed by atoms with Gasteiger partial charge in [-0.1, -0.05) is 82.3 Å². The molecule has 0 saturated carbocycles. The molecule has 390 valence electrons. The number of amides is 7. The summed E-state index contributed by atoms with van der Waals surface area (Å²) >= 11 is 0. The van der Waals surface area contributed by atoms with E-state index < -0.39 is 108 Å². The number of aromatic nitrogens is 1. The molecule has 2 heterocycles. The van der Waals surface area contributed by atoms with Crippen molar-refractivity contribution in [2.24, 2.45) is 11.5 Å². The van der Waals surface area contributed by atoms with Crippen molar-refractivity contribution in [1.29, 1.82) is 0 Å². The second-order valence-electron chi connectivity index (χ2n) is 17.7. The van der Waals surface area contributed by atoms with Gasteiger partial charge in [0.25, 0.3) is 0 Å². The Hall–Kier alpha value is -6.21. The number of carbonyl (C=O) groups excluding carboxylic acids is 7. The van der Waals surface area contributed by atoms with E-state index in [-0.39, 0.29) is 49.5 Å². The molecule has 16 N–H and O–H groups in total. The third kappa shape index (κ3) is 17.0.